The molecule has 0 saturated carbocycles. The molecule has 0 N–H and O–H groups in total. The van der Waals surface area contributed by atoms with Crippen LogP contribution in [0.5, 0.6) is 0 Å². The van der Waals surface area contributed by atoms with Crippen molar-refractivity contribution in [2.45, 2.75) is 20.4 Å². The molecule has 0 atom stereocenters. The van der Waals surface area contributed by atoms with Crippen molar-refractivity contribution in [2.24, 2.45) is 0 Å². The lowest BCUT2D eigenvalue weighted by Gasteiger charge is -2.19. The molecule has 0 unspecified atom stereocenters. The molecule has 0 saturated heterocycles. The van der Waals surface area contributed by atoms with Crippen molar-refractivity contribution >= 4 is 6.09 Å². The van der Waals surface area contributed by atoms with Gasteiger partial charge in [0.1, 0.15) is 0 Å². The summed E-state index contributed by atoms with van der Waals surface area (Å²) in [7, 11) is 0. The van der Waals surface area contributed by atoms with Gasteiger partial charge in [0.25, 0.3) is 0 Å². The van der Waals surface area contributed by atoms with E-state index in [0.717, 1.165) is 5.56 Å². The molecule has 0 aliphatic rings. The summed E-state index contributed by atoms with van der Waals surface area (Å²) in [6.45, 7) is 5.35. The molecule has 1 aromatic rings. The zero-order chi connectivity index (χ0) is 11.1. The zero-order valence-corrected chi connectivity index (χ0v) is 9.14. The Hall–Kier alpha value is -1.58. The third-order valence-corrected chi connectivity index (χ3v) is 2.03. The van der Waals surface area contributed by atoms with E-state index in [9.17, 15) is 4.79 Å². The molecule has 4 nitrogen and oxygen atoms in total. The lowest BCUT2D eigenvalue weighted by atomic mass is 10.2. The van der Waals surface area contributed by atoms with Crippen LogP contribution in [0.15, 0.2) is 24.5 Å². The molecule has 0 radical (unpaired) electrons. The number of aromatic nitrogens is 1. The van der Waals surface area contributed by atoms with Gasteiger partial charge in [-0.25, -0.2) is 4.79 Å². The smallest absolute Gasteiger partial charge is 0.410 e. The van der Waals surface area contributed by atoms with Gasteiger partial charge in [-0.1, -0.05) is 0 Å². The van der Waals surface area contributed by atoms with Gasteiger partial charge >= 0.3 is 6.09 Å². The Labute approximate surface area is 89.9 Å². The molecular weight excluding hydrogens is 192 g/mol. The maximum atomic E-state index is 11.5. The normalized spacial score (nSPS) is 9.73. The number of carbonyl (C=O) groups is 1. The van der Waals surface area contributed by atoms with E-state index < -0.39 is 0 Å². The Morgan fingerprint density at radius 1 is 1.40 bits per heavy atom. The highest BCUT2D eigenvalue weighted by molar-refractivity contribution is 5.67. The first-order valence-electron chi connectivity index (χ1n) is 5.08. The molecule has 1 heterocycles. The lowest BCUT2D eigenvalue weighted by molar-refractivity contribution is 0.107. The Bertz CT molecular complexity index is 301. The van der Waals surface area contributed by atoms with Crippen LogP contribution in [0.2, 0.25) is 0 Å². The molecule has 15 heavy (non-hydrogen) atoms. The van der Waals surface area contributed by atoms with Gasteiger partial charge in [0.05, 0.1) is 6.61 Å². The lowest BCUT2D eigenvalue weighted by Crippen LogP contribution is -2.30. The van der Waals surface area contributed by atoms with Crippen LogP contribution < -0.4 is 0 Å². The minimum absolute atomic E-state index is 0.267. The fraction of sp³-hybridized carbons (Fsp3) is 0.455. The highest BCUT2D eigenvalue weighted by atomic mass is 16.6. The topological polar surface area (TPSA) is 42.4 Å². The molecule has 0 spiro atoms. The summed E-state index contributed by atoms with van der Waals surface area (Å²) in [5, 5.41) is 0. The van der Waals surface area contributed by atoms with Crippen molar-refractivity contribution in [1.82, 2.24) is 9.88 Å². The second-order valence-corrected chi connectivity index (χ2v) is 3.07. The van der Waals surface area contributed by atoms with Gasteiger partial charge < -0.3 is 9.64 Å². The van der Waals surface area contributed by atoms with E-state index in [1.807, 2.05) is 19.1 Å². The van der Waals surface area contributed by atoms with Crippen LogP contribution in [-0.4, -0.2) is 29.1 Å². The van der Waals surface area contributed by atoms with E-state index in [1.54, 1.807) is 24.2 Å². The monoisotopic (exact) mass is 208 g/mol. The van der Waals surface area contributed by atoms with Crippen molar-refractivity contribution in [3.05, 3.63) is 30.1 Å². The largest absolute Gasteiger partial charge is 0.450 e. The molecule has 0 bridgehead atoms. The summed E-state index contributed by atoms with van der Waals surface area (Å²) in [5.74, 6) is 0. The van der Waals surface area contributed by atoms with Crippen LogP contribution in [0, 0.1) is 0 Å². The summed E-state index contributed by atoms with van der Waals surface area (Å²) in [5.41, 5.74) is 1.06. The second kappa shape index (κ2) is 6.01. The number of amides is 1. The van der Waals surface area contributed by atoms with Crippen molar-refractivity contribution in [2.75, 3.05) is 13.2 Å². The van der Waals surface area contributed by atoms with Crippen LogP contribution in [0.4, 0.5) is 4.79 Å². The SMILES string of the molecule is CCOC(=O)N(CC)Cc1ccncc1. The maximum absolute atomic E-state index is 11.5. The van der Waals surface area contributed by atoms with Crippen LogP contribution in [-0.2, 0) is 11.3 Å². The summed E-state index contributed by atoms with van der Waals surface area (Å²) in [6.07, 6.45) is 3.17. The molecule has 4 heteroatoms. The number of hydrogen-bond acceptors (Lipinski definition) is 3. The number of pyridine rings is 1. The first-order chi connectivity index (χ1) is 7.27. The minimum Gasteiger partial charge on any atom is -0.450 e. The van der Waals surface area contributed by atoms with Crippen molar-refractivity contribution in [3.63, 3.8) is 0 Å². The Kier molecular flexibility index (Phi) is 4.60. The van der Waals surface area contributed by atoms with Gasteiger partial charge in [-0.2, -0.15) is 0 Å². The van der Waals surface area contributed by atoms with Crippen molar-refractivity contribution in [1.29, 1.82) is 0 Å². The predicted octanol–water partition coefficient (Wildman–Crippen LogP) is 2.06. The Balaban J connectivity index is 2.58. The molecular formula is C11H16N2O2. The number of rotatable bonds is 4. The minimum atomic E-state index is -0.267. The first-order valence-corrected chi connectivity index (χ1v) is 5.08. The van der Waals surface area contributed by atoms with E-state index >= 15 is 0 Å². The fourth-order valence-electron chi connectivity index (χ4n) is 1.23. The number of carbonyl (C=O) groups excluding carboxylic acids is 1. The van der Waals surface area contributed by atoms with Gasteiger partial charge in [0.2, 0.25) is 0 Å². The standard InChI is InChI=1S/C11H16N2O2/c1-3-13(11(14)15-4-2)9-10-5-7-12-8-6-10/h5-8H,3-4,9H2,1-2H3. The van der Waals surface area contributed by atoms with Gasteiger partial charge in [-0.3, -0.25) is 4.98 Å². The summed E-state index contributed by atoms with van der Waals surface area (Å²) in [6, 6.07) is 3.78. The van der Waals surface area contributed by atoms with Crippen molar-refractivity contribution in [3.8, 4) is 0 Å². The van der Waals surface area contributed by atoms with Crippen LogP contribution in [0.3, 0.4) is 0 Å². The highest BCUT2D eigenvalue weighted by Gasteiger charge is 2.12. The second-order valence-electron chi connectivity index (χ2n) is 3.07. The maximum Gasteiger partial charge on any atom is 0.410 e. The third kappa shape index (κ3) is 3.58. The van der Waals surface area contributed by atoms with Gasteiger partial charge in [-0.05, 0) is 31.5 Å². The van der Waals surface area contributed by atoms with E-state index in [0.29, 0.717) is 19.7 Å². The van der Waals surface area contributed by atoms with E-state index in [4.69, 9.17) is 4.74 Å². The quantitative estimate of drug-likeness (QED) is 0.760. The summed E-state index contributed by atoms with van der Waals surface area (Å²) < 4.78 is 4.94. The Morgan fingerprint density at radius 2 is 2.07 bits per heavy atom. The van der Waals surface area contributed by atoms with Gasteiger partial charge in [0.15, 0.2) is 0 Å². The molecule has 0 aliphatic carbocycles. The highest BCUT2D eigenvalue weighted by Crippen LogP contribution is 2.04. The molecule has 0 aromatic carbocycles. The summed E-state index contributed by atoms with van der Waals surface area (Å²) in [4.78, 5) is 17.0. The van der Waals surface area contributed by atoms with Crippen LogP contribution in [0.1, 0.15) is 19.4 Å². The first kappa shape index (κ1) is 11.5. The van der Waals surface area contributed by atoms with E-state index in [2.05, 4.69) is 4.98 Å². The van der Waals surface area contributed by atoms with Gasteiger partial charge in [-0.15, -0.1) is 0 Å². The van der Waals surface area contributed by atoms with Crippen molar-refractivity contribution < 1.29 is 9.53 Å². The molecule has 0 aliphatic heterocycles. The third-order valence-electron chi connectivity index (χ3n) is 2.03. The zero-order valence-electron chi connectivity index (χ0n) is 9.14. The number of ether oxygens (including phenoxy) is 1. The average molecular weight is 208 g/mol. The molecule has 82 valence electrons. The fourth-order valence-corrected chi connectivity index (χ4v) is 1.23. The van der Waals surface area contributed by atoms with E-state index in [-0.39, 0.29) is 6.09 Å². The molecule has 1 aromatic heterocycles. The predicted molar refractivity (Wildman–Crippen MR) is 57.3 cm³/mol. The Morgan fingerprint density at radius 3 is 2.60 bits per heavy atom. The molecule has 0 fully saturated rings. The number of hydrogen-bond donors (Lipinski definition) is 0. The summed E-state index contributed by atoms with van der Waals surface area (Å²) >= 11 is 0. The molecule has 1 rings (SSSR count). The average Bonchev–Trinajstić information content (AvgIpc) is 2.27. The van der Waals surface area contributed by atoms with Gasteiger partial charge in [0, 0.05) is 25.5 Å². The van der Waals surface area contributed by atoms with Crippen LogP contribution in [0.25, 0.3) is 0 Å². The number of nitrogens with zero attached hydrogens (tertiary/aromatic N) is 2. The molecule has 1 amide bonds. The van der Waals surface area contributed by atoms with Crippen LogP contribution >= 0.6 is 0 Å². The van der Waals surface area contributed by atoms with E-state index in [1.165, 1.54) is 0 Å².